The van der Waals surface area contributed by atoms with Crippen LogP contribution in [0, 0.1) is 0 Å². The van der Waals surface area contributed by atoms with E-state index in [0.717, 1.165) is 0 Å². The number of phenolic OH excluding ortho intramolecular Hbond substituents is 2. The Bertz CT molecular complexity index is 1580. The van der Waals surface area contributed by atoms with Gasteiger partial charge in [-0.05, 0) is 59.0 Å². The van der Waals surface area contributed by atoms with Crippen LogP contribution in [0.15, 0.2) is 77.7 Å². The maximum Gasteiger partial charge on any atom is 0.335 e. The smallest absolute Gasteiger partial charge is 0.335 e. The van der Waals surface area contributed by atoms with Gasteiger partial charge in [-0.2, -0.15) is 8.42 Å². The van der Waals surface area contributed by atoms with Gasteiger partial charge in [-0.25, -0.2) is 4.79 Å². The minimum Gasteiger partial charge on any atom is -0.507 e. The van der Waals surface area contributed by atoms with Crippen LogP contribution < -0.4 is 5.32 Å². The summed E-state index contributed by atoms with van der Waals surface area (Å²) in [6, 6.07) is 17.6. The Balaban J connectivity index is 1.55. The molecular weight excluding hydrogens is 486 g/mol. The van der Waals surface area contributed by atoms with Crippen LogP contribution in [0.1, 0.15) is 37.4 Å². The van der Waals surface area contributed by atoms with Crippen molar-refractivity contribution in [3.8, 4) is 11.5 Å². The van der Waals surface area contributed by atoms with Gasteiger partial charge in [0, 0.05) is 29.5 Å². The van der Waals surface area contributed by atoms with Crippen molar-refractivity contribution in [1.82, 2.24) is 5.32 Å². The Labute approximate surface area is 206 Å². The average molecular weight is 508 g/mol. The number of fused-ring (bicyclic) bond motifs is 1. The molecule has 4 aromatic carbocycles. The van der Waals surface area contributed by atoms with Crippen LogP contribution in [-0.2, 0) is 23.1 Å². The molecule has 0 atom stereocenters. The fourth-order valence-electron chi connectivity index (χ4n) is 3.75. The highest BCUT2D eigenvalue weighted by atomic mass is 32.2. The van der Waals surface area contributed by atoms with Crippen molar-refractivity contribution in [3.63, 3.8) is 0 Å². The fraction of sp³-hybridized carbons (Fsp3) is 0.0769. The zero-order chi connectivity index (χ0) is 26.0. The molecule has 0 aromatic heterocycles. The number of amides is 1. The highest BCUT2D eigenvalue weighted by Crippen LogP contribution is 2.37. The van der Waals surface area contributed by atoms with Gasteiger partial charge in [0.15, 0.2) is 0 Å². The quantitative estimate of drug-likeness (QED) is 0.237. The van der Waals surface area contributed by atoms with Gasteiger partial charge in [0.05, 0.1) is 10.5 Å². The molecule has 0 spiro atoms. The van der Waals surface area contributed by atoms with Crippen LogP contribution in [0.25, 0.3) is 10.8 Å². The fourth-order valence-corrected chi connectivity index (χ4v) is 4.23. The van der Waals surface area contributed by atoms with Gasteiger partial charge < -0.3 is 20.6 Å². The van der Waals surface area contributed by atoms with Crippen molar-refractivity contribution in [3.05, 3.63) is 101 Å². The molecule has 4 aromatic rings. The molecule has 0 fully saturated rings. The van der Waals surface area contributed by atoms with E-state index in [1.54, 1.807) is 24.3 Å². The first kappa shape index (κ1) is 24.7. The second-order valence-electron chi connectivity index (χ2n) is 8.14. The highest BCUT2D eigenvalue weighted by Gasteiger charge is 2.16. The normalized spacial score (nSPS) is 11.4. The lowest BCUT2D eigenvalue weighted by atomic mass is 9.96. The summed E-state index contributed by atoms with van der Waals surface area (Å²) in [5.41, 5.74) is 1.91. The van der Waals surface area contributed by atoms with Crippen molar-refractivity contribution >= 4 is 32.8 Å². The summed E-state index contributed by atoms with van der Waals surface area (Å²) >= 11 is 0. The molecule has 0 saturated carbocycles. The zero-order valence-corrected chi connectivity index (χ0v) is 19.5. The van der Waals surface area contributed by atoms with Crippen molar-refractivity contribution < 1.29 is 37.9 Å². The minimum absolute atomic E-state index is 0.0990. The summed E-state index contributed by atoms with van der Waals surface area (Å²) < 4.78 is 31.3. The minimum atomic E-state index is -4.30. The van der Waals surface area contributed by atoms with Gasteiger partial charge in [-0.1, -0.05) is 30.3 Å². The number of benzene rings is 4. The largest absolute Gasteiger partial charge is 0.507 e. The average Bonchev–Trinajstić information content (AvgIpc) is 2.85. The summed E-state index contributed by atoms with van der Waals surface area (Å²) in [6.07, 6.45) is 0.142. The highest BCUT2D eigenvalue weighted by molar-refractivity contribution is 7.85. The molecule has 36 heavy (non-hydrogen) atoms. The first-order chi connectivity index (χ1) is 17.0. The lowest BCUT2D eigenvalue weighted by Crippen LogP contribution is -2.22. The van der Waals surface area contributed by atoms with Gasteiger partial charge in [-0.3, -0.25) is 9.35 Å². The third-order valence-electron chi connectivity index (χ3n) is 5.71. The van der Waals surface area contributed by atoms with Gasteiger partial charge in [-0.15, -0.1) is 0 Å². The third kappa shape index (κ3) is 5.29. The topological polar surface area (TPSA) is 161 Å². The van der Waals surface area contributed by atoms with E-state index in [0.29, 0.717) is 21.9 Å². The first-order valence-electron chi connectivity index (χ1n) is 10.7. The number of hydrogen-bond acceptors (Lipinski definition) is 6. The van der Waals surface area contributed by atoms with E-state index in [9.17, 15) is 28.2 Å². The molecule has 1 amide bonds. The Kier molecular flexibility index (Phi) is 6.65. The molecular formula is C26H21NO8S. The van der Waals surface area contributed by atoms with Crippen LogP contribution in [-0.4, -0.2) is 40.2 Å². The van der Waals surface area contributed by atoms with E-state index in [1.165, 1.54) is 48.5 Å². The monoisotopic (exact) mass is 507 g/mol. The summed E-state index contributed by atoms with van der Waals surface area (Å²) in [7, 11) is -4.30. The molecule has 0 heterocycles. The molecule has 0 bridgehead atoms. The maximum atomic E-state index is 12.7. The van der Waals surface area contributed by atoms with Gasteiger partial charge in [0.25, 0.3) is 16.0 Å². The van der Waals surface area contributed by atoms with E-state index in [2.05, 4.69) is 5.32 Å². The van der Waals surface area contributed by atoms with Gasteiger partial charge in [0.2, 0.25) is 0 Å². The van der Waals surface area contributed by atoms with Gasteiger partial charge >= 0.3 is 5.97 Å². The van der Waals surface area contributed by atoms with Crippen molar-refractivity contribution in [2.24, 2.45) is 0 Å². The number of carboxylic acid groups (broad SMARTS) is 1. The zero-order valence-electron chi connectivity index (χ0n) is 18.7. The molecule has 0 saturated heterocycles. The Morgan fingerprint density at radius 2 is 1.42 bits per heavy atom. The molecule has 0 unspecified atom stereocenters. The van der Waals surface area contributed by atoms with Crippen molar-refractivity contribution in [2.45, 2.75) is 17.9 Å². The number of carboxylic acids is 1. The maximum absolute atomic E-state index is 12.7. The molecule has 9 nitrogen and oxygen atoms in total. The van der Waals surface area contributed by atoms with E-state index in [1.807, 2.05) is 0 Å². The molecule has 0 aliphatic carbocycles. The van der Waals surface area contributed by atoms with Crippen LogP contribution in [0.3, 0.4) is 0 Å². The number of rotatable bonds is 7. The van der Waals surface area contributed by atoms with Crippen LogP contribution in [0.5, 0.6) is 11.5 Å². The predicted octanol–water partition coefficient (Wildman–Crippen LogP) is 3.72. The summed E-state index contributed by atoms with van der Waals surface area (Å²) in [5.74, 6) is -1.82. The van der Waals surface area contributed by atoms with Crippen LogP contribution in [0.2, 0.25) is 0 Å². The Morgan fingerprint density at radius 1 is 0.806 bits per heavy atom. The number of hydrogen-bond donors (Lipinski definition) is 5. The van der Waals surface area contributed by atoms with Crippen LogP contribution in [0.4, 0.5) is 0 Å². The number of nitrogens with one attached hydrogen (secondary N) is 1. The molecule has 0 aliphatic heterocycles. The third-order valence-corrected chi connectivity index (χ3v) is 6.58. The Morgan fingerprint density at radius 3 is 2.03 bits per heavy atom. The number of aromatic hydroxyl groups is 2. The summed E-state index contributed by atoms with van der Waals surface area (Å²) in [5, 5.41) is 34.0. The SMILES string of the molecule is O=C(O)c1ccc(Cc2c(O)cc3ccc(C(=O)NCc4ccc(S(=O)(=O)O)cc4)cc3c2O)cc1. The molecule has 5 N–H and O–H groups in total. The molecule has 10 heteroatoms. The van der Waals surface area contributed by atoms with Crippen molar-refractivity contribution in [2.75, 3.05) is 0 Å². The second-order valence-corrected chi connectivity index (χ2v) is 9.56. The predicted molar refractivity (Wildman–Crippen MR) is 131 cm³/mol. The molecule has 4 rings (SSSR count). The van der Waals surface area contributed by atoms with Crippen molar-refractivity contribution in [1.29, 1.82) is 0 Å². The van der Waals surface area contributed by atoms with Crippen LogP contribution >= 0.6 is 0 Å². The Hall–Kier alpha value is -4.41. The lowest BCUT2D eigenvalue weighted by Gasteiger charge is -2.13. The standard InChI is InChI=1S/C26H21NO8S/c28-23-13-18-7-8-19(25(30)27-14-16-3-9-20(10-4-16)36(33,34)35)12-21(18)24(29)22(23)11-15-1-5-17(6-2-15)26(31)32/h1-10,12-13,28-29H,11,14H2,(H,27,30)(H,31,32)(H,33,34,35). The van der Waals surface area contributed by atoms with E-state index < -0.39 is 22.0 Å². The summed E-state index contributed by atoms with van der Waals surface area (Å²) in [4.78, 5) is 23.5. The van der Waals surface area contributed by atoms with Gasteiger partial charge in [0.1, 0.15) is 11.5 Å². The number of phenols is 2. The summed E-state index contributed by atoms with van der Waals surface area (Å²) in [6.45, 7) is 0.0990. The second kappa shape index (κ2) is 9.68. The lowest BCUT2D eigenvalue weighted by molar-refractivity contribution is 0.0696. The number of carbonyl (C=O) groups is 2. The number of aromatic carboxylic acids is 1. The molecule has 0 radical (unpaired) electrons. The number of carbonyl (C=O) groups excluding carboxylic acids is 1. The molecule has 0 aliphatic rings. The molecule has 184 valence electrons. The van der Waals surface area contributed by atoms with E-state index >= 15 is 0 Å². The van der Waals surface area contributed by atoms with E-state index in [4.69, 9.17) is 9.66 Å². The first-order valence-corrected chi connectivity index (χ1v) is 12.1. The van der Waals surface area contributed by atoms with E-state index in [-0.39, 0.29) is 46.1 Å².